The van der Waals surface area contributed by atoms with Gasteiger partial charge >= 0.3 is 0 Å². The minimum atomic E-state index is -3.73. The molecule has 1 amide bonds. The third-order valence-electron chi connectivity index (χ3n) is 5.53. The first-order chi connectivity index (χ1) is 16.1. The number of anilines is 2. The number of nitrogens with one attached hydrogen (secondary N) is 2. The van der Waals surface area contributed by atoms with E-state index in [2.05, 4.69) is 10.0 Å². The number of amides is 1. The topological polar surface area (TPSA) is 113 Å². The van der Waals surface area contributed by atoms with Crippen molar-refractivity contribution in [2.24, 2.45) is 0 Å². The molecular formula is C24H25N3O5S2. The van der Waals surface area contributed by atoms with E-state index in [4.69, 9.17) is 0 Å². The monoisotopic (exact) mass is 499 g/mol. The predicted octanol–water partition coefficient (Wildman–Crippen LogP) is 3.83. The number of rotatable bonds is 7. The van der Waals surface area contributed by atoms with Crippen LogP contribution in [-0.4, -0.2) is 40.1 Å². The van der Waals surface area contributed by atoms with Crippen LogP contribution in [0.4, 0.5) is 11.4 Å². The standard InChI is InChI=1S/C24H25N3O5S2/c1-18-7-13-22(14-8-18)33(29,30)26-21-11-9-20(10-12-21)25-24(28)19-5-4-6-23(17-19)34(31,32)27-15-2-3-16-27/h4-14,17,26H,2-3,15-16H2,1H3,(H,25,28). The zero-order valence-electron chi connectivity index (χ0n) is 18.6. The number of hydrogen-bond donors (Lipinski definition) is 2. The van der Waals surface area contributed by atoms with Crippen LogP contribution in [0.2, 0.25) is 0 Å². The van der Waals surface area contributed by atoms with Crippen molar-refractivity contribution in [3.63, 3.8) is 0 Å². The highest BCUT2D eigenvalue weighted by Crippen LogP contribution is 2.23. The lowest BCUT2D eigenvalue weighted by Crippen LogP contribution is -2.28. The van der Waals surface area contributed by atoms with E-state index < -0.39 is 26.0 Å². The van der Waals surface area contributed by atoms with Gasteiger partial charge in [-0.1, -0.05) is 23.8 Å². The zero-order chi connectivity index (χ0) is 24.3. The van der Waals surface area contributed by atoms with Gasteiger partial charge in [0.05, 0.1) is 9.79 Å². The van der Waals surface area contributed by atoms with Gasteiger partial charge in [0.25, 0.3) is 15.9 Å². The third kappa shape index (κ3) is 5.30. The summed E-state index contributed by atoms with van der Waals surface area (Å²) in [5, 5.41) is 2.71. The molecule has 0 saturated carbocycles. The van der Waals surface area contributed by atoms with Crippen molar-refractivity contribution >= 4 is 37.3 Å². The van der Waals surface area contributed by atoms with Crippen molar-refractivity contribution in [3.05, 3.63) is 83.9 Å². The van der Waals surface area contributed by atoms with Crippen LogP contribution in [0.3, 0.4) is 0 Å². The Kier molecular flexibility index (Phi) is 6.74. The van der Waals surface area contributed by atoms with E-state index in [0.717, 1.165) is 18.4 Å². The molecule has 8 nitrogen and oxygen atoms in total. The average Bonchev–Trinajstić information content (AvgIpc) is 3.37. The molecule has 3 aromatic rings. The number of benzene rings is 3. The van der Waals surface area contributed by atoms with Crippen molar-refractivity contribution in [3.8, 4) is 0 Å². The van der Waals surface area contributed by atoms with Gasteiger partial charge in [-0.3, -0.25) is 9.52 Å². The molecule has 2 N–H and O–H groups in total. The van der Waals surface area contributed by atoms with Gasteiger partial charge in [0.2, 0.25) is 10.0 Å². The van der Waals surface area contributed by atoms with E-state index in [1.807, 2.05) is 6.92 Å². The van der Waals surface area contributed by atoms with Gasteiger partial charge in [0, 0.05) is 30.0 Å². The Bertz CT molecular complexity index is 1400. The third-order valence-corrected chi connectivity index (χ3v) is 8.82. The molecule has 1 aliphatic rings. The van der Waals surface area contributed by atoms with Crippen LogP contribution in [0.15, 0.2) is 82.6 Å². The molecule has 0 spiro atoms. The summed E-state index contributed by atoms with van der Waals surface area (Å²) in [6.45, 7) is 2.84. The van der Waals surface area contributed by atoms with E-state index in [9.17, 15) is 21.6 Å². The van der Waals surface area contributed by atoms with Crippen LogP contribution in [-0.2, 0) is 20.0 Å². The Labute approximate surface area is 199 Å². The number of aryl methyl sites for hydroxylation is 1. The van der Waals surface area contributed by atoms with Crippen molar-refractivity contribution in [1.82, 2.24) is 4.31 Å². The highest BCUT2D eigenvalue weighted by Gasteiger charge is 2.27. The van der Waals surface area contributed by atoms with Crippen molar-refractivity contribution in [2.75, 3.05) is 23.1 Å². The Morgan fingerprint density at radius 1 is 0.794 bits per heavy atom. The van der Waals surface area contributed by atoms with E-state index in [1.54, 1.807) is 36.4 Å². The Hall–Kier alpha value is -3.21. The summed E-state index contributed by atoms with van der Waals surface area (Å²) < 4.78 is 54.6. The fraction of sp³-hybridized carbons (Fsp3) is 0.208. The molecule has 0 atom stereocenters. The minimum Gasteiger partial charge on any atom is -0.322 e. The molecule has 1 fully saturated rings. The van der Waals surface area contributed by atoms with Crippen molar-refractivity contribution < 1.29 is 21.6 Å². The molecule has 0 unspecified atom stereocenters. The fourth-order valence-electron chi connectivity index (χ4n) is 3.63. The number of sulfonamides is 2. The average molecular weight is 500 g/mol. The van der Waals surface area contributed by atoms with Gasteiger partial charge in [0.15, 0.2) is 0 Å². The summed E-state index contributed by atoms with van der Waals surface area (Å²) in [6, 6.07) is 18.7. The van der Waals surface area contributed by atoms with E-state index in [0.29, 0.717) is 24.5 Å². The highest BCUT2D eigenvalue weighted by atomic mass is 32.2. The fourth-order valence-corrected chi connectivity index (χ4v) is 6.25. The van der Waals surface area contributed by atoms with Crippen LogP contribution in [0, 0.1) is 6.92 Å². The molecule has 1 saturated heterocycles. The van der Waals surface area contributed by atoms with Crippen LogP contribution < -0.4 is 10.0 Å². The predicted molar refractivity (Wildman–Crippen MR) is 131 cm³/mol. The molecule has 0 bridgehead atoms. The van der Waals surface area contributed by atoms with Gasteiger partial charge in [-0.2, -0.15) is 4.31 Å². The lowest BCUT2D eigenvalue weighted by Gasteiger charge is -2.16. The van der Waals surface area contributed by atoms with Gasteiger partial charge in [-0.25, -0.2) is 16.8 Å². The van der Waals surface area contributed by atoms with E-state index >= 15 is 0 Å². The van der Waals surface area contributed by atoms with E-state index in [1.165, 1.54) is 40.7 Å². The second-order valence-corrected chi connectivity index (χ2v) is 11.7. The van der Waals surface area contributed by atoms with Crippen LogP contribution in [0.25, 0.3) is 0 Å². The lowest BCUT2D eigenvalue weighted by molar-refractivity contribution is 0.102. The summed E-state index contributed by atoms with van der Waals surface area (Å²) >= 11 is 0. The Morgan fingerprint density at radius 2 is 1.41 bits per heavy atom. The maximum Gasteiger partial charge on any atom is 0.261 e. The number of carbonyl (C=O) groups excluding carboxylic acids is 1. The molecule has 4 rings (SSSR count). The van der Waals surface area contributed by atoms with E-state index in [-0.39, 0.29) is 15.4 Å². The summed E-state index contributed by atoms with van der Waals surface area (Å²) in [5.74, 6) is -0.466. The summed E-state index contributed by atoms with van der Waals surface area (Å²) in [6.07, 6.45) is 1.66. The molecule has 34 heavy (non-hydrogen) atoms. The lowest BCUT2D eigenvalue weighted by atomic mass is 10.2. The molecule has 1 aliphatic heterocycles. The number of nitrogens with zero attached hydrogens (tertiary/aromatic N) is 1. The largest absolute Gasteiger partial charge is 0.322 e. The molecule has 3 aromatic carbocycles. The van der Waals surface area contributed by atoms with Gasteiger partial charge in [0.1, 0.15) is 0 Å². The second-order valence-electron chi connectivity index (χ2n) is 8.09. The summed E-state index contributed by atoms with van der Waals surface area (Å²) in [5.41, 5.74) is 1.95. The quantitative estimate of drug-likeness (QED) is 0.513. The molecule has 0 aromatic heterocycles. The molecule has 0 radical (unpaired) electrons. The van der Waals surface area contributed by atoms with Crippen molar-refractivity contribution in [1.29, 1.82) is 0 Å². The summed E-state index contributed by atoms with van der Waals surface area (Å²) in [4.78, 5) is 12.9. The minimum absolute atomic E-state index is 0.0860. The molecular weight excluding hydrogens is 474 g/mol. The van der Waals surface area contributed by atoms with Gasteiger partial charge < -0.3 is 5.32 Å². The van der Waals surface area contributed by atoms with Crippen LogP contribution >= 0.6 is 0 Å². The molecule has 0 aliphatic carbocycles. The molecule has 10 heteroatoms. The number of hydrogen-bond acceptors (Lipinski definition) is 5. The first-order valence-electron chi connectivity index (χ1n) is 10.8. The normalized spacial score (nSPS) is 14.6. The summed E-state index contributed by atoms with van der Waals surface area (Å²) in [7, 11) is -7.36. The van der Waals surface area contributed by atoms with Crippen LogP contribution in [0.1, 0.15) is 28.8 Å². The maximum absolute atomic E-state index is 12.8. The Balaban J connectivity index is 1.44. The zero-order valence-corrected chi connectivity index (χ0v) is 20.2. The van der Waals surface area contributed by atoms with Crippen LogP contribution in [0.5, 0.6) is 0 Å². The smallest absolute Gasteiger partial charge is 0.261 e. The van der Waals surface area contributed by atoms with Gasteiger partial charge in [-0.15, -0.1) is 0 Å². The molecule has 178 valence electrons. The van der Waals surface area contributed by atoms with Crippen molar-refractivity contribution in [2.45, 2.75) is 29.6 Å². The maximum atomic E-state index is 12.8. The highest BCUT2D eigenvalue weighted by molar-refractivity contribution is 7.92. The Morgan fingerprint density at radius 3 is 2.06 bits per heavy atom. The second kappa shape index (κ2) is 9.57. The van der Waals surface area contributed by atoms with Gasteiger partial charge in [-0.05, 0) is 74.4 Å². The first kappa shape index (κ1) is 23.9. The molecule has 1 heterocycles. The number of carbonyl (C=O) groups is 1. The first-order valence-corrected chi connectivity index (χ1v) is 13.7. The SMILES string of the molecule is Cc1ccc(S(=O)(=O)Nc2ccc(NC(=O)c3cccc(S(=O)(=O)N4CCCC4)c3)cc2)cc1.